The lowest BCUT2D eigenvalue weighted by Gasteiger charge is -2.56. The predicted molar refractivity (Wildman–Crippen MR) is 99.7 cm³/mol. The fraction of sp³-hybridized carbons (Fsp3) is 0.762. The number of fused-ring (bicyclic) bond motifs is 5. The van der Waals surface area contributed by atoms with Crippen molar-refractivity contribution in [2.24, 2.45) is 28.6 Å². The van der Waals surface area contributed by atoms with E-state index in [4.69, 9.17) is 4.74 Å². The maximum atomic E-state index is 12.5. The number of halogens is 1. The van der Waals surface area contributed by atoms with Gasteiger partial charge < -0.3 is 4.74 Å². The van der Waals surface area contributed by atoms with Gasteiger partial charge in [-0.1, -0.05) is 29.8 Å². The van der Waals surface area contributed by atoms with Crippen molar-refractivity contribution in [2.75, 3.05) is 6.61 Å². The minimum atomic E-state index is -0.0384. The minimum absolute atomic E-state index is 0.0384. The first-order valence-corrected chi connectivity index (χ1v) is 10.4. The van der Waals surface area contributed by atoms with Gasteiger partial charge in [0.1, 0.15) is 5.78 Å². The number of hydrogen-bond acceptors (Lipinski definition) is 2. The molecule has 0 heterocycles. The average Bonchev–Trinajstić information content (AvgIpc) is 2.85. The van der Waals surface area contributed by atoms with Crippen LogP contribution in [0.5, 0.6) is 0 Å². The van der Waals surface area contributed by atoms with Crippen LogP contribution in [-0.2, 0) is 9.53 Å². The first-order chi connectivity index (χ1) is 11.4. The summed E-state index contributed by atoms with van der Waals surface area (Å²) in [5.74, 6) is 3.66. The van der Waals surface area contributed by atoms with E-state index in [9.17, 15) is 4.79 Å². The largest absolute Gasteiger partial charge is 0.498 e. The van der Waals surface area contributed by atoms with Crippen LogP contribution in [0.4, 0.5) is 0 Å². The van der Waals surface area contributed by atoms with Gasteiger partial charge in [0.2, 0.25) is 0 Å². The van der Waals surface area contributed by atoms with E-state index < -0.39 is 0 Å². The Kier molecular flexibility index (Phi) is 4.02. The standard InChI is InChI=1S/C21H29BrO2/c1-4-24-13-7-9-20(2)16-8-10-21(3)15(5-6-19(21)23)14(16)12-18(22)17(20)11-13/h11,14-16H,4-10,12H2,1-3H3. The third-order valence-corrected chi connectivity index (χ3v) is 8.56. The van der Waals surface area contributed by atoms with E-state index in [0.29, 0.717) is 17.6 Å². The van der Waals surface area contributed by atoms with Crippen molar-refractivity contribution < 1.29 is 9.53 Å². The van der Waals surface area contributed by atoms with Crippen LogP contribution in [0.15, 0.2) is 21.9 Å². The quantitative estimate of drug-likeness (QED) is 0.595. The van der Waals surface area contributed by atoms with Crippen LogP contribution < -0.4 is 0 Å². The van der Waals surface area contributed by atoms with Crippen LogP contribution in [0, 0.1) is 28.6 Å². The van der Waals surface area contributed by atoms with E-state index in [0.717, 1.165) is 50.4 Å². The van der Waals surface area contributed by atoms with Gasteiger partial charge in [-0.2, -0.15) is 0 Å². The molecule has 3 heteroatoms. The molecule has 24 heavy (non-hydrogen) atoms. The highest BCUT2D eigenvalue weighted by atomic mass is 79.9. The number of Topliss-reactive ketones (excluding diaryl/α,β-unsaturated/α-hetero) is 1. The Morgan fingerprint density at radius 3 is 2.67 bits per heavy atom. The second kappa shape index (κ2) is 5.72. The Balaban J connectivity index is 1.72. The summed E-state index contributed by atoms with van der Waals surface area (Å²) in [7, 11) is 0. The second-order valence-corrected chi connectivity index (χ2v) is 9.74. The van der Waals surface area contributed by atoms with Gasteiger partial charge in [0.15, 0.2) is 0 Å². The van der Waals surface area contributed by atoms with E-state index in [1.54, 1.807) is 0 Å². The highest BCUT2D eigenvalue weighted by Crippen LogP contribution is 2.65. The van der Waals surface area contributed by atoms with Crippen LogP contribution in [0.25, 0.3) is 0 Å². The van der Waals surface area contributed by atoms with E-state index in [1.807, 2.05) is 0 Å². The molecule has 0 spiro atoms. The van der Waals surface area contributed by atoms with Gasteiger partial charge in [0.05, 0.1) is 12.4 Å². The lowest BCUT2D eigenvalue weighted by Crippen LogP contribution is -2.49. The van der Waals surface area contributed by atoms with Crippen molar-refractivity contribution in [1.82, 2.24) is 0 Å². The van der Waals surface area contributed by atoms with E-state index in [1.165, 1.54) is 22.9 Å². The molecule has 4 aliphatic carbocycles. The molecule has 4 aliphatic rings. The molecule has 5 atom stereocenters. The number of carbonyl (C=O) groups excluding carboxylic acids is 1. The van der Waals surface area contributed by atoms with Crippen molar-refractivity contribution >= 4 is 21.7 Å². The lowest BCUT2D eigenvalue weighted by molar-refractivity contribution is -0.131. The third kappa shape index (κ3) is 2.22. The third-order valence-electron chi connectivity index (χ3n) is 7.81. The maximum absolute atomic E-state index is 12.5. The molecule has 2 saturated carbocycles. The van der Waals surface area contributed by atoms with Crippen LogP contribution in [0.1, 0.15) is 65.7 Å². The average molecular weight is 393 g/mol. The van der Waals surface area contributed by atoms with Gasteiger partial charge >= 0.3 is 0 Å². The Labute approximate surface area is 154 Å². The van der Waals surface area contributed by atoms with Crippen molar-refractivity contribution in [3.63, 3.8) is 0 Å². The molecule has 2 nitrogen and oxygen atoms in total. The topological polar surface area (TPSA) is 26.3 Å². The Hall–Kier alpha value is -0.570. The number of rotatable bonds is 2. The van der Waals surface area contributed by atoms with Gasteiger partial charge in [-0.3, -0.25) is 4.79 Å². The minimum Gasteiger partial charge on any atom is -0.498 e. The summed E-state index contributed by atoms with van der Waals surface area (Å²) in [5.41, 5.74) is 1.69. The van der Waals surface area contributed by atoms with E-state index in [-0.39, 0.29) is 10.8 Å². The first-order valence-electron chi connectivity index (χ1n) is 9.66. The molecule has 0 bridgehead atoms. The highest BCUT2D eigenvalue weighted by Gasteiger charge is 2.59. The molecular formula is C21H29BrO2. The summed E-state index contributed by atoms with van der Waals surface area (Å²) in [4.78, 5) is 12.5. The Morgan fingerprint density at radius 2 is 1.92 bits per heavy atom. The molecule has 0 amide bonds. The predicted octanol–water partition coefficient (Wildman–Crippen LogP) is 5.77. The molecule has 0 aromatic carbocycles. The molecule has 4 rings (SSSR count). The van der Waals surface area contributed by atoms with E-state index >= 15 is 0 Å². The van der Waals surface area contributed by atoms with Crippen molar-refractivity contribution in [1.29, 1.82) is 0 Å². The summed E-state index contributed by atoms with van der Waals surface area (Å²) < 4.78 is 7.19. The zero-order valence-electron chi connectivity index (χ0n) is 15.2. The molecule has 5 unspecified atom stereocenters. The van der Waals surface area contributed by atoms with Gasteiger partial charge in [-0.05, 0) is 78.3 Å². The van der Waals surface area contributed by atoms with Crippen LogP contribution in [0.2, 0.25) is 0 Å². The highest BCUT2D eigenvalue weighted by molar-refractivity contribution is 9.11. The van der Waals surface area contributed by atoms with Gasteiger partial charge in [-0.15, -0.1) is 0 Å². The molecule has 0 radical (unpaired) electrons. The molecule has 0 aromatic heterocycles. The molecule has 2 fully saturated rings. The Morgan fingerprint density at radius 1 is 1.17 bits per heavy atom. The molecule has 0 saturated heterocycles. The van der Waals surface area contributed by atoms with Crippen LogP contribution >= 0.6 is 15.9 Å². The van der Waals surface area contributed by atoms with Gasteiger partial charge in [0.25, 0.3) is 0 Å². The van der Waals surface area contributed by atoms with Gasteiger partial charge in [0, 0.05) is 18.3 Å². The van der Waals surface area contributed by atoms with E-state index in [2.05, 4.69) is 42.8 Å². The number of hydrogen-bond donors (Lipinski definition) is 0. The van der Waals surface area contributed by atoms with Crippen molar-refractivity contribution in [3.8, 4) is 0 Å². The summed E-state index contributed by atoms with van der Waals surface area (Å²) in [6.45, 7) is 7.54. The summed E-state index contributed by atoms with van der Waals surface area (Å²) in [6.07, 6.45) is 9.90. The molecule has 0 N–H and O–H groups in total. The summed E-state index contributed by atoms with van der Waals surface area (Å²) in [6, 6.07) is 0. The smallest absolute Gasteiger partial charge is 0.139 e. The van der Waals surface area contributed by atoms with Crippen molar-refractivity contribution in [3.05, 3.63) is 21.9 Å². The van der Waals surface area contributed by atoms with Crippen molar-refractivity contribution in [2.45, 2.75) is 65.7 Å². The fourth-order valence-electron chi connectivity index (χ4n) is 6.44. The zero-order valence-corrected chi connectivity index (χ0v) is 16.7. The SMILES string of the molecule is CCOC1=CC2=C(Br)CC3C4CCC(=O)C4(C)CCC3C2(C)CC1. The van der Waals surface area contributed by atoms with Crippen LogP contribution in [-0.4, -0.2) is 12.4 Å². The maximum Gasteiger partial charge on any atom is 0.139 e. The Bertz CT molecular complexity index is 634. The second-order valence-electron chi connectivity index (χ2n) is 8.78. The van der Waals surface area contributed by atoms with Gasteiger partial charge in [-0.25, -0.2) is 0 Å². The number of carbonyl (C=O) groups is 1. The lowest BCUT2D eigenvalue weighted by atomic mass is 9.49. The number of allylic oxidation sites excluding steroid dienone is 4. The number of ketones is 1. The molecular weight excluding hydrogens is 364 g/mol. The fourth-order valence-corrected chi connectivity index (χ4v) is 7.38. The van der Waals surface area contributed by atoms with Crippen LogP contribution in [0.3, 0.4) is 0 Å². The molecule has 0 aromatic rings. The number of ether oxygens (including phenoxy) is 1. The first kappa shape index (κ1) is 16.9. The zero-order chi connectivity index (χ0) is 17.1. The summed E-state index contributed by atoms with van der Waals surface area (Å²) in [5, 5.41) is 0. The molecule has 132 valence electrons. The normalized spacial score (nSPS) is 44.6. The monoisotopic (exact) mass is 392 g/mol. The summed E-state index contributed by atoms with van der Waals surface area (Å²) >= 11 is 3.93. The molecule has 0 aliphatic heterocycles.